The van der Waals surface area contributed by atoms with Crippen molar-refractivity contribution in [2.45, 2.75) is 24.9 Å². The highest BCUT2D eigenvalue weighted by atomic mass is 16.3. The van der Waals surface area contributed by atoms with E-state index in [9.17, 15) is 10.2 Å². The van der Waals surface area contributed by atoms with E-state index < -0.39 is 0 Å². The third kappa shape index (κ3) is 5.26. The highest BCUT2D eigenvalue weighted by Crippen LogP contribution is 2.31. The lowest BCUT2D eigenvalue weighted by Crippen LogP contribution is -2.40. The molecule has 156 valence electrons. The summed E-state index contributed by atoms with van der Waals surface area (Å²) < 4.78 is 0. The van der Waals surface area contributed by atoms with Crippen molar-refractivity contribution in [3.8, 4) is 0 Å². The van der Waals surface area contributed by atoms with Gasteiger partial charge in [0, 0.05) is 51.8 Å². The maximum absolute atomic E-state index is 10.0. The molecular formula is C25H34N2O2. The lowest BCUT2D eigenvalue weighted by atomic mass is 9.91. The van der Waals surface area contributed by atoms with E-state index in [-0.39, 0.29) is 12.7 Å². The molecule has 4 rings (SSSR count). The Morgan fingerprint density at radius 3 is 1.90 bits per heavy atom. The summed E-state index contributed by atoms with van der Waals surface area (Å²) in [6.07, 6.45) is 1.63. The number of nitrogens with zero attached hydrogens (tertiary/aromatic N) is 2. The molecule has 2 aromatic carbocycles. The quantitative estimate of drug-likeness (QED) is 0.758. The van der Waals surface area contributed by atoms with Gasteiger partial charge in [0.15, 0.2) is 0 Å². The highest BCUT2D eigenvalue weighted by Gasteiger charge is 2.35. The van der Waals surface area contributed by atoms with E-state index in [1.807, 2.05) is 0 Å². The first-order valence-electron chi connectivity index (χ1n) is 11.1. The zero-order chi connectivity index (χ0) is 20.1. The van der Waals surface area contributed by atoms with Crippen molar-refractivity contribution in [2.75, 3.05) is 45.9 Å². The van der Waals surface area contributed by atoms with Crippen LogP contribution in [0.15, 0.2) is 60.7 Å². The van der Waals surface area contributed by atoms with Crippen molar-refractivity contribution < 1.29 is 10.2 Å². The molecule has 0 spiro atoms. The van der Waals surface area contributed by atoms with Crippen LogP contribution in [-0.4, -0.2) is 72.0 Å². The largest absolute Gasteiger partial charge is 0.396 e. The smallest absolute Gasteiger partial charge is 0.0564 e. The predicted octanol–water partition coefficient (Wildman–Crippen LogP) is 2.82. The molecule has 29 heavy (non-hydrogen) atoms. The van der Waals surface area contributed by atoms with E-state index in [4.69, 9.17) is 0 Å². The molecular weight excluding hydrogens is 360 g/mol. The number of rotatable bonds is 7. The maximum Gasteiger partial charge on any atom is 0.0564 e. The average Bonchev–Trinajstić information content (AvgIpc) is 3.16. The fourth-order valence-electron chi connectivity index (χ4n) is 5.06. The molecule has 2 aliphatic heterocycles. The van der Waals surface area contributed by atoms with Crippen LogP contribution in [0.2, 0.25) is 0 Å². The van der Waals surface area contributed by atoms with Gasteiger partial charge >= 0.3 is 0 Å². The molecule has 2 heterocycles. The van der Waals surface area contributed by atoms with Gasteiger partial charge in [-0.1, -0.05) is 60.7 Å². The highest BCUT2D eigenvalue weighted by molar-refractivity contribution is 5.32. The van der Waals surface area contributed by atoms with Crippen LogP contribution in [-0.2, 0) is 0 Å². The average molecular weight is 395 g/mol. The summed E-state index contributed by atoms with van der Waals surface area (Å²) in [6, 6.07) is 21.6. The number of aliphatic hydroxyl groups excluding tert-OH is 2. The standard InChI is InChI=1S/C25H34N2O2/c28-19-23-17-27(16-22(23)15-26-13-11-24(29)12-14-26)18-25(20-7-3-1-4-8-20)21-9-5-2-6-10-21/h1-10,22-25,28-29H,11-19H2/t22-,23-/m1/s1. The minimum Gasteiger partial charge on any atom is -0.396 e. The maximum atomic E-state index is 10.0. The fourth-order valence-corrected chi connectivity index (χ4v) is 5.06. The van der Waals surface area contributed by atoms with Gasteiger partial charge in [0.25, 0.3) is 0 Å². The lowest BCUT2D eigenvalue weighted by Gasteiger charge is -2.32. The Balaban J connectivity index is 1.44. The number of likely N-dealkylation sites (tertiary alicyclic amines) is 2. The van der Waals surface area contributed by atoms with E-state index in [0.29, 0.717) is 17.8 Å². The summed E-state index contributed by atoms with van der Waals surface area (Å²) in [4.78, 5) is 5.03. The number of benzene rings is 2. The minimum absolute atomic E-state index is 0.127. The Labute approximate surface area is 174 Å². The van der Waals surface area contributed by atoms with Crippen LogP contribution in [0.5, 0.6) is 0 Å². The van der Waals surface area contributed by atoms with Gasteiger partial charge in [-0.05, 0) is 35.8 Å². The first kappa shape index (κ1) is 20.5. The van der Waals surface area contributed by atoms with E-state index in [1.54, 1.807) is 0 Å². The Kier molecular flexibility index (Phi) is 6.98. The number of hydrogen-bond acceptors (Lipinski definition) is 4. The van der Waals surface area contributed by atoms with Crippen LogP contribution >= 0.6 is 0 Å². The monoisotopic (exact) mass is 394 g/mol. The Hall–Kier alpha value is -1.72. The van der Waals surface area contributed by atoms with Crippen molar-refractivity contribution in [1.82, 2.24) is 9.80 Å². The summed E-state index contributed by atoms with van der Waals surface area (Å²) in [7, 11) is 0. The topological polar surface area (TPSA) is 46.9 Å². The van der Waals surface area contributed by atoms with E-state index >= 15 is 0 Å². The molecule has 0 saturated carbocycles. The van der Waals surface area contributed by atoms with Crippen LogP contribution in [0.25, 0.3) is 0 Å². The summed E-state index contributed by atoms with van der Waals surface area (Å²) in [5.74, 6) is 1.19. The van der Waals surface area contributed by atoms with Gasteiger partial charge in [-0.25, -0.2) is 0 Å². The van der Waals surface area contributed by atoms with Crippen molar-refractivity contribution in [2.24, 2.45) is 11.8 Å². The van der Waals surface area contributed by atoms with Crippen LogP contribution in [0.3, 0.4) is 0 Å². The second-order valence-electron chi connectivity index (χ2n) is 8.83. The third-order valence-corrected chi connectivity index (χ3v) is 6.78. The molecule has 4 heteroatoms. The molecule has 2 saturated heterocycles. The van der Waals surface area contributed by atoms with Crippen molar-refractivity contribution in [3.05, 3.63) is 71.8 Å². The van der Waals surface area contributed by atoms with Crippen LogP contribution < -0.4 is 0 Å². The molecule has 0 unspecified atom stereocenters. The lowest BCUT2D eigenvalue weighted by molar-refractivity contribution is 0.0684. The van der Waals surface area contributed by atoms with Crippen molar-refractivity contribution in [1.29, 1.82) is 0 Å². The number of aliphatic hydroxyl groups is 2. The molecule has 2 fully saturated rings. The van der Waals surface area contributed by atoms with Crippen LogP contribution in [0.1, 0.15) is 29.9 Å². The Morgan fingerprint density at radius 1 is 0.793 bits per heavy atom. The Bertz CT molecular complexity index is 692. The van der Waals surface area contributed by atoms with Crippen LogP contribution in [0, 0.1) is 11.8 Å². The molecule has 4 nitrogen and oxygen atoms in total. The molecule has 2 aliphatic rings. The summed E-state index contributed by atoms with van der Waals surface area (Å²) >= 11 is 0. The van der Waals surface area contributed by atoms with Crippen LogP contribution in [0.4, 0.5) is 0 Å². The SMILES string of the molecule is OC[C@H]1CN(CC(c2ccccc2)c2ccccc2)C[C@H]1CN1CCC(O)CC1. The van der Waals surface area contributed by atoms with E-state index in [1.165, 1.54) is 11.1 Å². The van der Waals surface area contributed by atoms with Gasteiger partial charge < -0.3 is 20.0 Å². The molecule has 2 atom stereocenters. The van der Waals surface area contributed by atoms with Gasteiger partial charge in [-0.3, -0.25) is 0 Å². The molecule has 2 N–H and O–H groups in total. The summed E-state index contributed by atoms with van der Waals surface area (Å²) in [5.41, 5.74) is 2.71. The first-order valence-corrected chi connectivity index (χ1v) is 11.1. The molecule has 2 aromatic rings. The molecule has 0 radical (unpaired) electrons. The molecule has 0 bridgehead atoms. The van der Waals surface area contributed by atoms with E-state index in [0.717, 1.165) is 52.1 Å². The van der Waals surface area contributed by atoms with Gasteiger partial charge in [-0.15, -0.1) is 0 Å². The first-order chi connectivity index (χ1) is 14.2. The summed E-state index contributed by atoms with van der Waals surface area (Å²) in [6.45, 7) is 6.25. The zero-order valence-electron chi connectivity index (χ0n) is 17.2. The van der Waals surface area contributed by atoms with Gasteiger partial charge in [0.2, 0.25) is 0 Å². The number of piperidine rings is 1. The van der Waals surface area contributed by atoms with E-state index in [2.05, 4.69) is 70.5 Å². The third-order valence-electron chi connectivity index (χ3n) is 6.78. The van der Waals surface area contributed by atoms with Gasteiger partial charge in [-0.2, -0.15) is 0 Å². The normalized spacial score (nSPS) is 24.4. The number of hydrogen-bond donors (Lipinski definition) is 2. The second kappa shape index (κ2) is 9.86. The summed E-state index contributed by atoms with van der Waals surface area (Å²) in [5, 5.41) is 19.8. The molecule has 0 aromatic heterocycles. The second-order valence-corrected chi connectivity index (χ2v) is 8.83. The Morgan fingerprint density at radius 2 is 1.34 bits per heavy atom. The fraction of sp³-hybridized carbons (Fsp3) is 0.520. The van der Waals surface area contributed by atoms with Crippen molar-refractivity contribution in [3.63, 3.8) is 0 Å². The molecule has 0 aliphatic carbocycles. The predicted molar refractivity (Wildman–Crippen MR) is 117 cm³/mol. The van der Waals surface area contributed by atoms with Gasteiger partial charge in [0.05, 0.1) is 6.10 Å². The van der Waals surface area contributed by atoms with Crippen molar-refractivity contribution >= 4 is 0 Å². The minimum atomic E-state index is -0.127. The molecule has 0 amide bonds. The van der Waals surface area contributed by atoms with Gasteiger partial charge in [0.1, 0.15) is 0 Å². The zero-order valence-corrected chi connectivity index (χ0v) is 17.2.